The maximum Gasteiger partial charge on any atom is 0.234 e. The van der Waals surface area contributed by atoms with Crippen LogP contribution in [0.4, 0.5) is 0 Å². The first kappa shape index (κ1) is 11.5. The lowest BCUT2D eigenvalue weighted by molar-refractivity contribution is 0.0806. The van der Waals surface area contributed by atoms with Crippen molar-refractivity contribution in [2.24, 2.45) is 5.92 Å². The predicted molar refractivity (Wildman–Crippen MR) is 74.1 cm³/mol. The van der Waals surface area contributed by atoms with E-state index in [4.69, 9.17) is 0 Å². The van der Waals surface area contributed by atoms with E-state index in [1.165, 1.54) is 22.2 Å². The molecule has 18 heavy (non-hydrogen) atoms. The van der Waals surface area contributed by atoms with Crippen LogP contribution in [0.25, 0.3) is 10.9 Å². The molecule has 1 unspecified atom stereocenters. The Labute approximate surface area is 108 Å². The highest BCUT2D eigenvalue weighted by atomic mass is 16.2. The minimum atomic E-state index is 0.202. The van der Waals surface area contributed by atoms with Gasteiger partial charge in [-0.3, -0.25) is 9.36 Å². The van der Waals surface area contributed by atoms with Gasteiger partial charge in [-0.05, 0) is 50.3 Å². The van der Waals surface area contributed by atoms with Crippen LogP contribution < -0.4 is 0 Å². The van der Waals surface area contributed by atoms with Gasteiger partial charge in [-0.15, -0.1) is 0 Å². The van der Waals surface area contributed by atoms with E-state index >= 15 is 0 Å². The molecule has 0 N–H and O–H groups in total. The Morgan fingerprint density at radius 3 is 2.83 bits per heavy atom. The van der Waals surface area contributed by atoms with Gasteiger partial charge in [-0.25, -0.2) is 0 Å². The molecule has 3 rings (SSSR count). The van der Waals surface area contributed by atoms with Crippen LogP contribution in [0.3, 0.4) is 0 Å². The molecule has 2 nitrogen and oxygen atoms in total. The van der Waals surface area contributed by atoms with Crippen molar-refractivity contribution in [1.82, 2.24) is 4.57 Å². The Hall–Kier alpha value is -1.57. The molecular formula is C16H19NO. The topological polar surface area (TPSA) is 22.0 Å². The highest BCUT2D eigenvalue weighted by Gasteiger charge is 2.29. The van der Waals surface area contributed by atoms with Crippen molar-refractivity contribution >= 4 is 16.8 Å². The molecule has 0 aliphatic carbocycles. The minimum absolute atomic E-state index is 0.202. The summed E-state index contributed by atoms with van der Waals surface area (Å²) in [4.78, 5) is 12.5. The van der Waals surface area contributed by atoms with Crippen molar-refractivity contribution in [1.29, 1.82) is 0 Å². The van der Waals surface area contributed by atoms with E-state index in [-0.39, 0.29) is 5.92 Å². The zero-order valence-electron chi connectivity index (χ0n) is 11.3. The van der Waals surface area contributed by atoms with E-state index in [1.807, 2.05) is 4.57 Å². The molecule has 0 spiro atoms. The van der Waals surface area contributed by atoms with Crippen molar-refractivity contribution in [3.8, 4) is 0 Å². The molecule has 1 aromatic carbocycles. The molecule has 0 fully saturated rings. The zero-order chi connectivity index (χ0) is 12.9. The molecule has 0 bridgehead atoms. The largest absolute Gasteiger partial charge is 0.284 e. The molecule has 2 aromatic rings. The summed E-state index contributed by atoms with van der Waals surface area (Å²) in [6.07, 6.45) is 2.98. The number of fused-ring (bicyclic) bond motifs is 3. The van der Waals surface area contributed by atoms with Crippen LogP contribution in [0.2, 0.25) is 0 Å². The third-order valence-corrected chi connectivity index (χ3v) is 4.29. The van der Waals surface area contributed by atoms with Crippen LogP contribution in [-0.2, 0) is 6.42 Å². The average Bonchev–Trinajstić information content (AvgIpc) is 2.64. The molecule has 1 atom stereocenters. The van der Waals surface area contributed by atoms with Crippen molar-refractivity contribution in [2.45, 2.75) is 40.0 Å². The molecule has 1 aliphatic heterocycles. The normalized spacial score (nSPS) is 19.3. The molecule has 0 saturated heterocycles. The molecule has 0 saturated carbocycles. The third-order valence-electron chi connectivity index (χ3n) is 4.29. The van der Waals surface area contributed by atoms with E-state index < -0.39 is 0 Å². The van der Waals surface area contributed by atoms with Crippen LogP contribution in [0.1, 0.15) is 41.4 Å². The minimum Gasteiger partial charge on any atom is -0.284 e. The monoisotopic (exact) mass is 241 g/mol. The summed E-state index contributed by atoms with van der Waals surface area (Å²) < 4.78 is 1.98. The Bertz CT molecular complexity index is 636. The summed E-state index contributed by atoms with van der Waals surface area (Å²) in [7, 11) is 0. The summed E-state index contributed by atoms with van der Waals surface area (Å²) >= 11 is 0. The van der Waals surface area contributed by atoms with E-state index in [0.717, 1.165) is 24.8 Å². The van der Waals surface area contributed by atoms with Gasteiger partial charge in [0.2, 0.25) is 5.91 Å². The second-order valence-electron chi connectivity index (χ2n) is 5.41. The Balaban J connectivity index is 2.32. The molecule has 1 aromatic heterocycles. The van der Waals surface area contributed by atoms with Gasteiger partial charge in [0.05, 0.1) is 5.52 Å². The maximum atomic E-state index is 12.5. The van der Waals surface area contributed by atoms with E-state index in [0.29, 0.717) is 5.91 Å². The third kappa shape index (κ3) is 1.45. The van der Waals surface area contributed by atoms with Gasteiger partial charge in [0, 0.05) is 17.0 Å². The SMILES string of the molecule is CCC1CCc2c(C)c3ccc(C)cc3n2C1=O. The summed E-state index contributed by atoms with van der Waals surface area (Å²) in [6.45, 7) is 6.33. The number of aryl methyl sites for hydroxylation is 2. The number of nitrogens with zero attached hydrogens (tertiary/aromatic N) is 1. The predicted octanol–water partition coefficient (Wildman–Crippen LogP) is 3.87. The lowest BCUT2D eigenvalue weighted by atomic mass is 9.94. The Morgan fingerprint density at radius 2 is 2.11 bits per heavy atom. The number of hydrogen-bond acceptors (Lipinski definition) is 1. The summed E-state index contributed by atoms with van der Waals surface area (Å²) in [5.74, 6) is 0.496. The Morgan fingerprint density at radius 1 is 1.33 bits per heavy atom. The first-order valence-corrected chi connectivity index (χ1v) is 6.78. The first-order chi connectivity index (χ1) is 8.63. The van der Waals surface area contributed by atoms with Crippen LogP contribution >= 0.6 is 0 Å². The maximum absolute atomic E-state index is 12.5. The number of benzene rings is 1. The molecule has 94 valence electrons. The molecule has 1 aliphatic rings. The van der Waals surface area contributed by atoms with Gasteiger partial charge in [0.25, 0.3) is 0 Å². The number of rotatable bonds is 1. The average molecular weight is 241 g/mol. The van der Waals surface area contributed by atoms with Gasteiger partial charge in [-0.1, -0.05) is 19.1 Å². The fourth-order valence-corrected chi connectivity index (χ4v) is 3.16. The quantitative estimate of drug-likeness (QED) is 0.742. The van der Waals surface area contributed by atoms with Gasteiger partial charge < -0.3 is 0 Å². The molecule has 2 heteroatoms. The van der Waals surface area contributed by atoms with Gasteiger partial charge >= 0.3 is 0 Å². The van der Waals surface area contributed by atoms with Crippen molar-refractivity contribution in [3.63, 3.8) is 0 Å². The second kappa shape index (κ2) is 3.98. The first-order valence-electron chi connectivity index (χ1n) is 6.78. The molecule has 0 radical (unpaired) electrons. The number of aromatic nitrogens is 1. The summed E-state index contributed by atoms with van der Waals surface area (Å²) in [5.41, 5.74) is 4.83. The Kier molecular flexibility index (Phi) is 2.54. The van der Waals surface area contributed by atoms with Gasteiger partial charge in [-0.2, -0.15) is 0 Å². The lowest BCUT2D eigenvalue weighted by Crippen LogP contribution is -2.28. The fourth-order valence-electron chi connectivity index (χ4n) is 3.16. The second-order valence-corrected chi connectivity index (χ2v) is 5.41. The zero-order valence-corrected chi connectivity index (χ0v) is 11.3. The summed E-state index contributed by atoms with van der Waals surface area (Å²) in [6, 6.07) is 6.42. The molecule has 2 heterocycles. The summed E-state index contributed by atoms with van der Waals surface area (Å²) in [5, 5.41) is 1.24. The standard InChI is InChI=1S/C16H19NO/c1-4-12-6-8-14-11(3)13-7-5-10(2)9-15(13)17(14)16(12)18/h5,7,9,12H,4,6,8H2,1-3H3. The fraction of sp³-hybridized carbons (Fsp3) is 0.438. The van der Waals surface area contributed by atoms with Gasteiger partial charge in [0.15, 0.2) is 0 Å². The highest BCUT2D eigenvalue weighted by Crippen LogP contribution is 2.33. The van der Waals surface area contributed by atoms with E-state index in [9.17, 15) is 4.79 Å². The number of carbonyl (C=O) groups is 1. The van der Waals surface area contributed by atoms with Crippen LogP contribution in [-0.4, -0.2) is 10.5 Å². The molecule has 0 amide bonds. The smallest absolute Gasteiger partial charge is 0.234 e. The van der Waals surface area contributed by atoms with Crippen LogP contribution in [0.15, 0.2) is 18.2 Å². The van der Waals surface area contributed by atoms with Crippen LogP contribution in [0.5, 0.6) is 0 Å². The van der Waals surface area contributed by atoms with Crippen LogP contribution in [0, 0.1) is 19.8 Å². The highest BCUT2D eigenvalue weighted by molar-refractivity contribution is 5.97. The van der Waals surface area contributed by atoms with E-state index in [2.05, 4.69) is 39.0 Å². The lowest BCUT2D eigenvalue weighted by Gasteiger charge is -2.23. The van der Waals surface area contributed by atoms with E-state index in [1.54, 1.807) is 0 Å². The van der Waals surface area contributed by atoms with Crippen molar-refractivity contribution in [3.05, 3.63) is 35.0 Å². The van der Waals surface area contributed by atoms with Crippen molar-refractivity contribution < 1.29 is 4.79 Å². The molecular weight excluding hydrogens is 222 g/mol. The number of hydrogen-bond donors (Lipinski definition) is 0. The van der Waals surface area contributed by atoms with Crippen molar-refractivity contribution in [2.75, 3.05) is 0 Å². The van der Waals surface area contributed by atoms with Gasteiger partial charge in [0.1, 0.15) is 0 Å². The number of carbonyl (C=O) groups excluding carboxylic acids is 1.